The smallest absolute Gasteiger partial charge is 0.338 e. The predicted molar refractivity (Wildman–Crippen MR) is 88.7 cm³/mol. The van der Waals surface area contributed by atoms with Crippen molar-refractivity contribution in [1.82, 2.24) is 4.90 Å². The fraction of sp³-hybridized carbons (Fsp3) is 0.556. The summed E-state index contributed by atoms with van der Waals surface area (Å²) in [4.78, 5) is 25.8. The molecule has 6 nitrogen and oxygen atoms in total. The van der Waals surface area contributed by atoms with Crippen molar-refractivity contribution in [2.75, 3.05) is 26.8 Å². The van der Waals surface area contributed by atoms with Crippen molar-refractivity contribution in [3.05, 3.63) is 29.8 Å². The number of piperidine rings is 1. The van der Waals surface area contributed by atoms with Crippen molar-refractivity contribution in [3.8, 4) is 5.75 Å². The highest BCUT2D eigenvalue weighted by Crippen LogP contribution is 2.24. The molecule has 132 valence electrons. The molecule has 0 aliphatic carbocycles. The zero-order valence-corrected chi connectivity index (χ0v) is 14.3. The van der Waals surface area contributed by atoms with Gasteiger partial charge in [0.1, 0.15) is 5.75 Å². The number of ether oxygens (including phenoxy) is 2. The van der Waals surface area contributed by atoms with Crippen LogP contribution in [0.4, 0.5) is 0 Å². The van der Waals surface area contributed by atoms with Crippen LogP contribution in [0.25, 0.3) is 0 Å². The Kier molecular flexibility index (Phi) is 6.20. The van der Waals surface area contributed by atoms with Gasteiger partial charge in [-0.3, -0.25) is 4.79 Å². The molecule has 1 aliphatic heterocycles. The van der Waals surface area contributed by atoms with Crippen LogP contribution >= 0.6 is 0 Å². The van der Waals surface area contributed by atoms with Crippen molar-refractivity contribution in [2.24, 2.45) is 0 Å². The molecule has 1 amide bonds. The zero-order chi connectivity index (χ0) is 17.6. The first-order valence-electron chi connectivity index (χ1n) is 8.29. The highest BCUT2D eigenvalue weighted by molar-refractivity contribution is 5.81. The van der Waals surface area contributed by atoms with Crippen molar-refractivity contribution in [3.63, 3.8) is 0 Å². The van der Waals surface area contributed by atoms with Crippen LogP contribution < -0.4 is 4.74 Å². The number of likely N-dealkylation sites (tertiary alicyclic amines) is 1. The molecule has 0 spiro atoms. The van der Waals surface area contributed by atoms with Crippen LogP contribution in [0.3, 0.4) is 0 Å². The Balaban J connectivity index is 1.81. The van der Waals surface area contributed by atoms with E-state index in [9.17, 15) is 14.7 Å². The van der Waals surface area contributed by atoms with E-state index in [0.717, 1.165) is 11.3 Å². The number of carbonyl (C=O) groups excluding carboxylic acids is 2. The Morgan fingerprint density at radius 2 is 1.83 bits per heavy atom. The first-order valence-corrected chi connectivity index (χ1v) is 8.29. The fourth-order valence-corrected chi connectivity index (χ4v) is 2.80. The van der Waals surface area contributed by atoms with Crippen LogP contribution in [-0.2, 0) is 20.7 Å². The lowest BCUT2D eigenvalue weighted by molar-refractivity contribution is -0.171. The summed E-state index contributed by atoms with van der Waals surface area (Å²) in [6.07, 6.45) is 1.51. The molecule has 1 heterocycles. The van der Waals surface area contributed by atoms with Crippen LogP contribution in [0.2, 0.25) is 0 Å². The van der Waals surface area contributed by atoms with Gasteiger partial charge in [0.2, 0.25) is 5.91 Å². The van der Waals surface area contributed by atoms with E-state index >= 15 is 0 Å². The Hall–Kier alpha value is -2.08. The maximum atomic E-state index is 12.3. The molecule has 0 atom stereocenters. The van der Waals surface area contributed by atoms with Gasteiger partial charge in [-0.05, 0) is 31.0 Å². The molecule has 0 radical (unpaired) electrons. The van der Waals surface area contributed by atoms with Crippen molar-refractivity contribution in [2.45, 2.75) is 38.2 Å². The first-order chi connectivity index (χ1) is 11.5. The average Bonchev–Trinajstić information content (AvgIpc) is 2.61. The highest BCUT2D eigenvalue weighted by Gasteiger charge is 2.41. The number of hydrogen-bond acceptors (Lipinski definition) is 5. The topological polar surface area (TPSA) is 76.1 Å². The number of methoxy groups -OCH3 is 1. The molecule has 0 bridgehead atoms. The zero-order valence-electron chi connectivity index (χ0n) is 14.3. The summed E-state index contributed by atoms with van der Waals surface area (Å²) in [6.45, 7) is 2.69. The number of nitrogens with zero attached hydrogens (tertiary/aromatic N) is 1. The standard InChI is InChI=1S/C18H25NO5/c1-3-24-17(21)18(22)10-12-19(13-11-18)16(20)9-6-14-4-7-15(23-2)8-5-14/h4-5,7-8,22H,3,6,9-13H2,1-2H3. The third kappa shape index (κ3) is 4.47. The summed E-state index contributed by atoms with van der Waals surface area (Å²) >= 11 is 0. The highest BCUT2D eigenvalue weighted by atomic mass is 16.5. The number of esters is 1. The normalized spacial score (nSPS) is 16.5. The molecule has 0 unspecified atom stereocenters. The molecule has 0 saturated carbocycles. The van der Waals surface area contributed by atoms with Gasteiger partial charge < -0.3 is 19.5 Å². The fourth-order valence-electron chi connectivity index (χ4n) is 2.80. The largest absolute Gasteiger partial charge is 0.497 e. The molecule has 6 heteroatoms. The second-order valence-electron chi connectivity index (χ2n) is 5.98. The van der Waals surface area contributed by atoms with E-state index in [4.69, 9.17) is 9.47 Å². The van der Waals surface area contributed by atoms with Gasteiger partial charge in [0.25, 0.3) is 0 Å². The summed E-state index contributed by atoms with van der Waals surface area (Å²) in [7, 11) is 1.62. The van der Waals surface area contributed by atoms with Gasteiger partial charge >= 0.3 is 5.97 Å². The SMILES string of the molecule is CCOC(=O)C1(O)CCN(C(=O)CCc2ccc(OC)cc2)CC1. The summed E-state index contributed by atoms with van der Waals surface area (Å²) < 4.78 is 10.0. The number of benzene rings is 1. The van der Waals surface area contributed by atoms with E-state index in [-0.39, 0.29) is 25.4 Å². The Morgan fingerprint density at radius 1 is 1.21 bits per heavy atom. The van der Waals surface area contributed by atoms with Crippen LogP contribution in [0, 0.1) is 0 Å². The van der Waals surface area contributed by atoms with Crippen LogP contribution in [0.1, 0.15) is 31.7 Å². The summed E-state index contributed by atoms with van der Waals surface area (Å²) in [6, 6.07) is 7.64. The van der Waals surface area contributed by atoms with Gasteiger partial charge in [-0.1, -0.05) is 12.1 Å². The lowest BCUT2D eigenvalue weighted by Crippen LogP contribution is -2.51. The molecule has 1 fully saturated rings. The van der Waals surface area contributed by atoms with E-state index in [1.54, 1.807) is 18.9 Å². The summed E-state index contributed by atoms with van der Waals surface area (Å²) in [5.41, 5.74) is -0.382. The molecular weight excluding hydrogens is 310 g/mol. The molecule has 1 aromatic carbocycles. The van der Waals surface area contributed by atoms with E-state index in [1.807, 2.05) is 24.3 Å². The summed E-state index contributed by atoms with van der Waals surface area (Å²) in [5.74, 6) is 0.242. The number of hydrogen-bond donors (Lipinski definition) is 1. The first kappa shape index (κ1) is 18.3. The van der Waals surface area contributed by atoms with Crippen LogP contribution in [0.5, 0.6) is 5.75 Å². The lowest BCUT2D eigenvalue weighted by Gasteiger charge is -2.36. The van der Waals surface area contributed by atoms with E-state index in [1.165, 1.54) is 0 Å². The van der Waals surface area contributed by atoms with Crippen LogP contribution in [-0.4, -0.2) is 54.3 Å². The second kappa shape index (κ2) is 8.15. The minimum atomic E-state index is -1.46. The minimum Gasteiger partial charge on any atom is -0.497 e. The average molecular weight is 335 g/mol. The lowest BCUT2D eigenvalue weighted by atomic mass is 9.91. The molecule has 0 aromatic heterocycles. The van der Waals surface area contributed by atoms with Crippen molar-refractivity contribution in [1.29, 1.82) is 0 Å². The third-order valence-corrected chi connectivity index (χ3v) is 4.39. The maximum Gasteiger partial charge on any atom is 0.338 e. The minimum absolute atomic E-state index is 0.0386. The number of rotatable bonds is 6. The molecular formula is C18H25NO5. The Labute approximate surface area is 142 Å². The number of aliphatic hydroxyl groups is 1. The van der Waals surface area contributed by atoms with Gasteiger partial charge in [0, 0.05) is 32.4 Å². The Bertz CT molecular complexity index is 561. The van der Waals surface area contributed by atoms with Gasteiger partial charge in [-0.15, -0.1) is 0 Å². The predicted octanol–water partition coefficient (Wildman–Crippen LogP) is 1.54. The van der Waals surface area contributed by atoms with Gasteiger partial charge in [-0.2, -0.15) is 0 Å². The number of amides is 1. The van der Waals surface area contributed by atoms with Gasteiger partial charge in [0.15, 0.2) is 5.60 Å². The molecule has 24 heavy (non-hydrogen) atoms. The molecule has 1 saturated heterocycles. The van der Waals surface area contributed by atoms with Crippen molar-refractivity contribution < 1.29 is 24.2 Å². The number of carbonyl (C=O) groups is 2. The second-order valence-corrected chi connectivity index (χ2v) is 5.98. The molecule has 1 aliphatic rings. The van der Waals surface area contributed by atoms with Crippen molar-refractivity contribution >= 4 is 11.9 Å². The summed E-state index contributed by atoms with van der Waals surface area (Å²) in [5, 5.41) is 10.3. The third-order valence-electron chi connectivity index (χ3n) is 4.39. The van der Waals surface area contributed by atoms with E-state index < -0.39 is 11.6 Å². The van der Waals surface area contributed by atoms with E-state index in [0.29, 0.717) is 25.9 Å². The maximum absolute atomic E-state index is 12.3. The molecule has 2 rings (SSSR count). The number of aryl methyl sites for hydroxylation is 1. The van der Waals surface area contributed by atoms with E-state index in [2.05, 4.69) is 0 Å². The molecule has 1 N–H and O–H groups in total. The van der Waals surface area contributed by atoms with Crippen LogP contribution in [0.15, 0.2) is 24.3 Å². The quantitative estimate of drug-likeness (QED) is 0.798. The Morgan fingerprint density at radius 3 is 2.38 bits per heavy atom. The monoisotopic (exact) mass is 335 g/mol. The van der Waals surface area contributed by atoms with Gasteiger partial charge in [-0.25, -0.2) is 4.79 Å². The molecule has 1 aromatic rings. The van der Waals surface area contributed by atoms with Gasteiger partial charge in [0.05, 0.1) is 13.7 Å².